The molecule has 0 aliphatic carbocycles. The summed E-state index contributed by atoms with van der Waals surface area (Å²) in [7, 11) is 0. The summed E-state index contributed by atoms with van der Waals surface area (Å²) in [5.41, 5.74) is 2.03. The Morgan fingerprint density at radius 2 is 2.35 bits per heavy atom. The van der Waals surface area contributed by atoms with E-state index in [0.717, 1.165) is 48.4 Å². The van der Waals surface area contributed by atoms with E-state index in [1.54, 1.807) is 0 Å². The van der Waals surface area contributed by atoms with Crippen molar-refractivity contribution in [2.75, 3.05) is 6.61 Å². The van der Waals surface area contributed by atoms with Crippen LogP contribution in [-0.2, 0) is 4.74 Å². The van der Waals surface area contributed by atoms with Gasteiger partial charge < -0.3 is 9.84 Å². The van der Waals surface area contributed by atoms with Crippen LogP contribution in [0.5, 0.6) is 0 Å². The third-order valence-corrected chi connectivity index (χ3v) is 3.61. The minimum Gasteiger partial charge on any atom is -0.388 e. The number of hydrogen-bond acceptors (Lipinski definition) is 2. The second-order valence-electron chi connectivity index (χ2n) is 4.73. The second kappa shape index (κ2) is 5.85. The van der Waals surface area contributed by atoms with Crippen LogP contribution in [0.25, 0.3) is 0 Å². The lowest BCUT2D eigenvalue weighted by atomic mass is 9.98. The molecule has 0 radical (unpaired) electrons. The Balaban J connectivity index is 1.91. The minimum absolute atomic E-state index is 0.345. The van der Waals surface area contributed by atoms with E-state index in [1.165, 1.54) is 0 Å². The van der Waals surface area contributed by atoms with Gasteiger partial charge >= 0.3 is 0 Å². The highest BCUT2D eigenvalue weighted by Gasteiger charge is 2.18. The van der Waals surface area contributed by atoms with Crippen molar-refractivity contribution in [3.8, 4) is 0 Å². The largest absolute Gasteiger partial charge is 0.388 e. The molecule has 1 aliphatic heterocycles. The normalized spacial score (nSPS) is 21.7. The molecule has 2 nitrogen and oxygen atoms in total. The quantitative estimate of drug-likeness (QED) is 0.889. The van der Waals surface area contributed by atoms with Gasteiger partial charge in [-0.05, 0) is 55.9 Å². The number of benzene rings is 1. The van der Waals surface area contributed by atoms with Gasteiger partial charge in [-0.25, -0.2) is 0 Å². The second-order valence-corrected chi connectivity index (χ2v) is 5.17. The first-order valence-corrected chi connectivity index (χ1v) is 6.60. The smallest absolute Gasteiger partial charge is 0.0793 e. The van der Waals surface area contributed by atoms with Gasteiger partial charge in [-0.3, -0.25) is 0 Å². The first kappa shape index (κ1) is 12.9. The Bertz CT molecular complexity index is 372. The van der Waals surface area contributed by atoms with E-state index >= 15 is 0 Å². The van der Waals surface area contributed by atoms with E-state index in [0.29, 0.717) is 6.10 Å². The Kier molecular flexibility index (Phi) is 4.43. The maximum atomic E-state index is 10.2. The van der Waals surface area contributed by atoms with Gasteiger partial charge in [0.25, 0.3) is 0 Å². The third-order valence-electron chi connectivity index (χ3n) is 3.38. The molecule has 1 N–H and O–H groups in total. The summed E-state index contributed by atoms with van der Waals surface area (Å²) < 4.78 is 5.56. The number of halogens is 1. The van der Waals surface area contributed by atoms with Crippen molar-refractivity contribution in [3.63, 3.8) is 0 Å². The lowest BCUT2D eigenvalue weighted by Gasteiger charge is -2.16. The van der Waals surface area contributed by atoms with E-state index in [4.69, 9.17) is 16.3 Å². The summed E-state index contributed by atoms with van der Waals surface area (Å²) in [5, 5.41) is 10.9. The molecule has 1 fully saturated rings. The predicted octanol–water partition coefficient (Wildman–Crippen LogP) is 3.64. The van der Waals surface area contributed by atoms with Crippen LogP contribution in [0.1, 0.15) is 42.9 Å². The number of aliphatic hydroxyl groups excluding tert-OH is 1. The molecule has 0 aromatic heterocycles. The molecule has 0 bridgehead atoms. The van der Waals surface area contributed by atoms with Crippen molar-refractivity contribution >= 4 is 11.6 Å². The molecular weight excluding hydrogens is 236 g/mol. The molecule has 1 saturated heterocycles. The topological polar surface area (TPSA) is 29.5 Å². The molecule has 3 heteroatoms. The van der Waals surface area contributed by atoms with E-state index in [9.17, 15) is 5.11 Å². The third kappa shape index (κ3) is 3.44. The van der Waals surface area contributed by atoms with E-state index < -0.39 is 6.10 Å². The highest BCUT2D eigenvalue weighted by atomic mass is 35.5. The van der Waals surface area contributed by atoms with Crippen LogP contribution in [0.2, 0.25) is 5.02 Å². The Labute approximate surface area is 108 Å². The van der Waals surface area contributed by atoms with Gasteiger partial charge in [0.05, 0.1) is 12.2 Å². The first-order valence-electron chi connectivity index (χ1n) is 6.22. The van der Waals surface area contributed by atoms with Crippen LogP contribution in [0.3, 0.4) is 0 Å². The molecule has 0 spiro atoms. The van der Waals surface area contributed by atoms with Crippen LogP contribution < -0.4 is 0 Å². The minimum atomic E-state index is -0.406. The molecule has 17 heavy (non-hydrogen) atoms. The molecule has 1 aliphatic rings. The Morgan fingerprint density at radius 3 is 3.00 bits per heavy atom. The SMILES string of the molecule is Cc1cc(Cl)ccc1C(O)CCC1CCCO1. The number of rotatable bonds is 4. The maximum Gasteiger partial charge on any atom is 0.0793 e. The van der Waals surface area contributed by atoms with Gasteiger partial charge in [-0.2, -0.15) is 0 Å². The average molecular weight is 255 g/mol. The summed E-state index contributed by atoms with van der Waals surface area (Å²) in [4.78, 5) is 0. The fourth-order valence-electron chi connectivity index (χ4n) is 2.38. The van der Waals surface area contributed by atoms with Crippen molar-refractivity contribution in [1.82, 2.24) is 0 Å². The van der Waals surface area contributed by atoms with Gasteiger partial charge in [0.2, 0.25) is 0 Å². The maximum absolute atomic E-state index is 10.2. The van der Waals surface area contributed by atoms with Crippen molar-refractivity contribution in [2.24, 2.45) is 0 Å². The van der Waals surface area contributed by atoms with Crippen LogP contribution >= 0.6 is 11.6 Å². The van der Waals surface area contributed by atoms with E-state index in [-0.39, 0.29) is 0 Å². The van der Waals surface area contributed by atoms with Gasteiger partial charge in [0.15, 0.2) is 0 Å². The Morgan fingerprint density at radius 1 is 1.53 bits per heavy atom. The molecule has 1 aromatic rings. The van der Waals surface area contributed by atoms with Gasteiger partial charge in [-0.1, -0.05) is 17.7 Å². The number of aryl methyl sites for hydroxylation is 1. The molecule has 2 rings (SSSR count). The molecule has 1 heterocycles. The predicted molar refractivity (Wildman–Crippen MR) is 69.4 cm³/mol. The molecule has 0 amide bonds. The number of aliphatic hydroxyl groups is 1. The van der Waals surface area contributed by atoms with Crippen LogP contribution in [0.4, 0.5) is 0 Å². The van der Waals surface area contributed by atoms with Crippen LogP contribution in [-0.4, -0.2) is 17.8 Å². The molecule has 94 valence electrons. The van der Waals surface area contributed by atoms with Crippen LogP contribution in [0.15, 0.2) is 18.2 Å². The zero-order chi connectivity index (χ0) is 12.3. The fraction of sp³-hybridized carbons (Fsp3) is 0.571. The highest BCUT2D eigenvalue weighted by Crippen LogP contribution is 2.27. The summed E-state index contributed by atoms with van der Waals surface area (Å²) in [6.45, 7) is 2.86. The van der Waals surface area contributed by atoms with Crippen molar-refractivity contribution < 1.29 is 9.84 Å². The monoisotopic (exact) mass is 254 g/mol. The summed E-state index contributed by atoms with van der Waals surface area (Å²) in [6.07, 6.45) is 3.91. The zero-order valence-electron chi connectivity index (χ0n) is 10.2. The molecule has 1 aromatic carbocycles. The van der Waals surface area contributed by atoms with Gasteiger partial charge in [-0.15, -0.1) is 0 Å². The average Bonchev–Trinajstić information content (AvgIpc) is 2.78. The zero-order valence-corrected chi connectivity index (χ0v) is 10.9. The number of ether oxygens (including phenoxy) is 1. The van der Waals surface area contributed by atoms with Crippen molar-refractivity contribution in [3.05, 3.63) is 34.3 Å². The summed E-state index contributed by atoms with van der Waals surface area (Å²) in [5.74, 6) is 0. The summed E-state index contributed by atoms with van der Waals surface area (Å²) in [6, 6.07) is 5.64. The van der Waals surface area contributed by atoms with Crippen molar-refractivity contribution in [1.29, 1.82) is 0 Å². The lowest BCUT2D eigenvalue weighted by molar-refractivity contribution is 0.0811. The summed E-state index contributed by atoms with van der Waals surface area (Å²) >= 11 is 5.90. The van der Waals surface area contributed by atoms with Crippen molar-refractivity contribution in [2.45, 2.75) is 44.8 Å². The Hall–Kier alpha value is -0.570. The molecule has 0 saturated carbocycles. The number of hydrogen-bond donors (Lipinski definition) is 1. The van der Waals surface area contributed by atoms with Crippen LogP contribution in [0, 0.1) is 6.92 Å². The van der Waals surface area contributed by atoms with Gasteiger partial charge in [0, 0.05) is 11.6 Å². The standard InChI is InChI=1S/C14H19ClO2/c1-10-9-11(15)4-6-13(10)14(16)7-5-12-3-2-8-17-12/h4,6,9,12,14,16H,2-3,5,7-8H2,1H3. The molecule has 2 atom stereocenters. The first-order chi connectivity index (χ1) is 8.16. The van der Waals surface area contributed by atoms with E-state index in [2.05, 4.69) is 0 Å². The highest BCUT2D eigenvalue weighted by molar-refractivity contribution is 6.30. The molecule has 2 unspecified atom stereocenters. The van der Waals surface area contributed by atoms with E-state index in [1.807, 2.05) is 25.1 Å². The molecular formula is C14H19ClO2. The lowest BCUT2D eigenvalue weighted by Crippen LogP contribution is -2.08. The van der Waals surface area contributed by atoms with Gasteiger partial charge in [0.1, 0.15) is 0 Å². The fourth-order valence-corrected chi connectivity index (χ4v) is 2.61.